The van der Waals surface area contributed by atoms with Gasteiger partial charge in [0.2, 0.25) is 10.0 Å². The number of H-pyrrole nitrogens is 1. The van der Waals surface area contributed by atoms with Crippen LogP contribution < -0.4 is 15.8 Å². The Morgan fingerprint density at radius 3 is 2.76 bits per heavy atom. The second-order valence-electron chi connectivity index (χ2n) is 7.77. The van der Waals surface area contributed by atoms with Crippen LogP contribution in [0.5, 0.6) is 0 Å². The number of sulfonamides is 1. The molecule has 0 saturated heterocycles. The maximum atomic E-state index is 13.0. The van der Waals surface area contributed by atoms with Crippen molar-refractivity contribution in [3.05, 3.63) is 60.2 Å². The maximum absolute atomic E-state index is 13.0. The summed E-state index contributed by atoms with van der Waals surface area (Å²) in [5.41, 5.74) is 2.31. The molecule has 1 atom stereocenters. The largest absolute Gasteiger partial charge is 0.349 e. The summed E-state index contributed by atoms with van der Waals surface area (Å²) in [5, 5.41) is 18.0. The molecule has 5 N–H and O–H groups in total. The third-order valence-corrected chi connectivity index (χ3v) is 6.47. The van der Waals surface area contributed by atoms with Crippen molar-refractivity contribution in [3.63, 3.8) is 0 Å². The number of nitrogens with two attached hydrogens (primary N) is 1. The third kappa shape index (κ3) is 3.64. The highest BCUT2D eigenvalue weighted by Crippen LogP contribution is 2.29. The summed E-state index contributed by atoms with van der Waals surface area (Å²) >= 11 is 0. The number of hydrogen-bond acceptors (Lipinski definition) is 6. The van der Waals surface area contributed by atoms with Crippen LogP contribution in [0.4, 0.5) is 5.69 Å². The van der Waals surface area contributed by atoms with Gasteiger partial charge in [-0.1, -0.05) is 6.07 Å². The van der Waals surface area contributed by atoms with E-state index in [4.69, 9.17) is 5.14 Å². The van der Waals surface area contributed by atoms with Crippen molar-refractivity contribution in [2.75, 3.05) is 11.9 Å². The van der Waals surface area contributed by atoms with Crippen LogP contribution >= 0.6 is 0 Å². The highest BCUT2D eigenvalue weighted by atomic mass is 32.2. The molecular formula is C21H19N7O4S. The number of amides is 2. The SMILES string of the molecule is C[C@@H]1CNC(=O)c2cc3ccc(C(=O)Nc4ccc(-c5cn[nH]c5)cc4S(N)(=O)=O)nc3n21. The quantitative estimate of drug-likeness (QED) is 0.358. The molecule has 12 heteroatoms. The highest BCUT2D eigenvalue weighted by Gasteiger charge is 2.26. The zero-order valence-electron chi connectivity index (χ0n) is 17.4. The van der Waals surface area contributed by atoms with Crippen LogP contribution in [-0.4, -0.2) is 46.5 Å². The van der Waals surface area contributed by atoms with E-state index in [1.165, 1.54) is 18.2 Å². The Hall–Kier alpha value is -4.03. The topological polar surface area (TPSA) is 165 Å². The van der Waals surface area contributed by atoms with Gasteiger partial charge in [0, 0.05) is 23.7 Å². The Morgan fingerprint density at radius 2 is 2.03 bits per heavy atom. The van der Waals surface area contributed by atoms with Crippen molar-refractivity contribution in [3.8, 4) is 11.1 Å². The van der Waals surface area contributed by atoms with E-state index >= 15 is 0 Å². The second kappa shape index (κ2) is 7.53. The normalized spacial score (nSPS) is 15.8. The number of anilines is 1. The van der Waals surface area contributed by atoms with E-state index in [0.29, 0.717) is 29.0 Å². The molecule has 0 fully saturated rings. The first-order valence-corrected chi connectivity index (χ1v) is 11.5. The summed E-state index contributed by atoms with van der Waals surface area (Å²) in [6, 6.07) is 9.39. The zero-order chi connectivity index (χ0) is 23.3. The highest BCUT2D eigenvalue weighted by molar-refractivity contribution is 7.89. The lowest BCUT2D eigenvalue weighted by Crippen LogP contribution is -2.37. The molecular weight excluding hydrogens is 446 g/mol. The van der Waals surface area contributed by atoms with Gasteiger partial charge >= 0.3 is 0 Å². The van der Waals surface area contributed by atoms with E-state index in [9.17, 15) is 18.0 Å². The predicted molar refractivity (Wildman–Crippen MR) is 120 cm³/mol. The number of rotatable bonds is 4. The van der Waals surface area contributed by atoms with Gasteiger partial charge in [0.15, 0.2) is 0 Å². The molecule has 3 aromatic heterocycles. The van der Waals surface area contributed by atoms with E-state index in [0.717, 1.165) is 5.39 Å². The van der Waals surface area contributed by atoms with Crippen molar-refractivity contribution in [1.82, 2.24) is 25.1 Å². The average molecular weight is 465 g/mol. The van der Waals surface area contributed by atoms with Crippen molar-refractivity contribution in [2.45, 2.75) is 17.9 Å². The summed E-state index contributed by atoms with van der Waals surface area (Å²) in [7, 11) is -4.14. The molecule has 33 heavy (non-hydrogen) atoms. The average Bonchev–Trinajstić information content (AvgIpc) is 3.44. The lowest BCUT2D eigenvalue weighted by atomic mass is 10.1. The van der Waals surface area contributed by atoms with Gasteiger partial charge in [0.25, 0.3) is 11.8 Å². The van der Waals surface area contributed by atoms with Gasteiger partial charge in [-0.2, -0.15) is 5.10 Å². The summed E-state index contributed by atoms with van der Waals surface area (Å²) in [5.74, 6) is -0.811. The van der Waals surface area contributed by atoms with Crippen molar-refractivity contribution < 1.29 is 18.0 Å². The van der Waals surface area contributed by atoms with Gasteiger partial charge in [0.05, 0.1) is 17.9 Å². The molecule has 168 valence electrons. The molecule has 11 nitrogen and oxygen atoms in total. The minimum Gasteiger partial charge on any atom is -0.349 e. The Morgan fingerprint density at radius 1 is 1.21 bits per heavy atom. The minimum atomic E-state index is -4.14. The van der Waals surface area contributed by atoms with Crippen LogP contribution in [0.15, 0.2) is 53.7 Å². The lowest BCUT2D eigenvalue weighted by molar-refractivity contribution is 0.0918. The number of fused-ring (bicyclic) bond motifs is 3. The van der Waals surface area contributed by atoms with Gasteiger partial charge in [-0.15, -0.1) is 0 Å². The van der Waals surface area contributed by atoms with Crippen molar-refractivity contribution in [1.29, 1.82) is 0 Å². The number of nitrogens with one attached hydrogen (secondary N) is 3. The Kier molecular flexibility index (Phi) is 4.76. The molecule has 2 amide bonds. The molecule has 0 bridgehead atoms. The van der Waals surface area contributed by atoms with Crippen LogP contribution in [0.25, 0.3) is 22.2 Å². The minimum absolute atomic E-state index is 0.0292. The summed E-state index contributed by atoms with van der Waals surface area (Å²) < 4.78 is 26.2. The fourth-order valence-corrected chi connectivity index (χ4v) is 4.62. The van der Waals surface area contributed by atoms with Crippen LogP contribution in [0.1, 0.15) is 33.9 Å². The number of hydrogen-bond donors (Lipinski definition) is 4. The summed E-state index contributed by atoms with van der Waals surface area (Å²) in [6.45, 7) is 2.39. The molecule has 1 aliphatic rings. The lowest BCUT2D eigenvalue weighted by Gasteiger charge is -2.23. The first-order valence-electron chi connectivity index (χ1n) is 10.00. The van der Waals surface area contributed by atoms with Gasteiger partial charge < -0.3 is 15.2 Å². The van der Waals surface area contributed by atoms with Crippen molar-refractivity contribution in [2.24, 2.45) is 5.14 Å². The van der Waals surface area contributed by atoms with E-state index in [1.807, 2.05) is 6.92 Å². The number of primary sulfonamides is 1. The molecule has 0 radical (unpaired) electrons. The molecule has 5 rings (SSSR count). The summed E-state index contributed by atoms with van der Waals surface area (Å²) in [4.78, 5) is 29.4. The van der Waals surface area contributed by atoms with Gasteiger partial charge in [-0.3, -0.25) is 14.7 Å². The maximum Gasteiger partial charge on any atom is 0.274 e. The Labute approximate surface area is 188 Å². The number of benzene rings is 1. The molecule has 0 saturated carbocycles. The fourth-order valence-electron chi connectivity index (χ4n) is 3.90. The third-order valence-electron chi connectivity index (χ3n) is 5.52. The Bertz CT molecular complexity index is 1520. The number of pyridine rings is 1. The number of aromatic amines is 1. The van der Waals surface area contributed by atoms with Crippen LogP contribution in [0.3, 0.4) is 0 Å². The molecule has 1 aromatic carbocycles. The number of nitrogens with zero attached hydrogens (tertiary/aromatic N) is 3. The van der Waals surface area contributed by atoms with Gasteiger partial charge in [-0.25, -0.2) is 18.5 Å². The predicted octanol–water partition coefficient (Wildman–Crippen LogP) is 1.63. The number of aromatic nitrogens is 4. The molecule has 4 heterocycles. The standard InChI is InChI=1S/C21H19N7O4S/c1-11-8-23-21(30)17-6-13-3-5-16(26-19(13)28(11)17)20(29)27-15-4-2-12(14-9-24-25-10-14)7-18(15)33(22,31)32/h2-7,9-11H,8H2,1H3,(H,23,30)(H,24,25)(H,27,29)(H2,22,31,32)/t11-/m1/s1. The van der Waals surface area contributed by atoms with Crippen LogP contribution in [-0.2, 0) is 10.0 Å². The second-order valence-corrected chi connectivity index (χ2v) is 9.29. The number of carbonyl (C=O) groups excluding carboxylic acids is 2. The van der Waals surface area contributed by atoms with E-state index in [2.05, 4.69) is 25.8 Å². The molecule has 0 unspecified atom stereocenters. The van der Waals surface area contributed by atoms with Gasteiger partial charge in [0.1, 0.15) is 21.9 Å². The van der Waals surface area contributed by atoms with Gasteiger partial charge in [-0.05, 0) is 42.8 Å². The molecule has 0 aliphatic carbocycles. The zero-order valence-corrected chi connectivity index (χ0v) is 18.2. The van der Waals surface area contributed by atoms with Crippen LogP contribution in [0, 0.1) is 0 Å². The summed E-state index contributed by atoms with van der Waals surface area (Å²) in [6.07, 6.45) is 3.15. The molecule has 0 spiro atoms. The smallest absolute Gasteiger partial charge is 0.274 e. The Balaban J connectivity index is 1.52. The first-order chi connectivity index (χ1) is 15.7. The molecule has 1 aliphatic heterocycles. The monoisotopic (exact) mass is 465 g/mol. The van der Waals surface area contributed by atoms with Crippen molar-refractivity contribution >= 4 is 38.6 Å². The van der Waals surface area contributed by atoms with E-state index in [1.54, 1.807) is 35.2 Å². The van der Waals surface area contributed by atoms with E-state index in [-0.39, 0.29) is 28.2 Å². The fraction of sp³-hybridized carbons (Fsp3) is 0.143. The van der Waals surface area contributed by atoms with Crippen LogP contribution in [0.2, 0.25) is 0 Å². The number of carbonyl (C=O) groups is 2. The van der Waals surface area contributed by atoms with E-state index < -0.39 is 15.9 Å². The first kappa shape index (κ1) is 20.8. The molecule has 4 aromatic rings.